The number of carbonyl (C=O) groups excluding carboxylic acids is 1. The molecule has 0 bridgehead atoms. The van der Waals surface area contributed by atoms with E-state index in [0.717, 1.165) is 15.7 Å². The highest BCUT2D eigenvalue weighted by molar-refractivity contribution is 5.96. The topological polar surface area (TPSA) is 71.9 Å². The van der Waals surface area contributed by atoms with Gasteiger partial charge in [-0.15, -0.1) is 0 Å². The molecule has 0 amide bonds. The highest BCUT2D eigenvalue weighted by Crippen LogP contribution is 2.10. The summed E-state index contributed by atoms with van der Waals surface area (Å²) in [5.41, 5.74) is 1.57. The quantitative estimate of drug-likeness (QED) is 0.898. The number of nitrogens with one attached hydrogen (secondary N) is 1. The van der Waals surface area contributed by atoms with Crippen LogP contribution in [0.3, 0.4) is 0 Å². The van der Waals surface area contributed by atoms with Gasteiger partial charge in [0.2, 0.25) is 0 Å². The van der Waals surface area contributed by atoms with Crippen molar-refractivity contribution in [1.82, 2.24) is 9.55 Å². The zero-order valence-electron chi connectivity index (χ0n) is 11.7. The van der Waals surface area contributed by atoms with Crippen molar-refractivity contribution in [3.63, 3.8) is 0 Å². The lowest BCUT2D eigenvalue weighted by molar-refractivity contribution is 0.0953. The van der Waals surface area contributed by atoms with E-state index in [0.29, 0.717) is 17.5 Å². The van der Waals surface area contributed by atoms with E-state index < -0.39 is 17.2 Å². The van der Waals surface area contributed by atoms with Crippen LogP contribution in [-0.2, 0) is 6.42 Å². The van der Waals surface area contributed by atoms with Gasteiger partial charge in [-0.2, -0.15) is 0 Å². The third kappa shape index (κ3) is 2.61. The number of aromatic nitrogens is 2. The summed E-state index contributed by atoms with van der Waals surface area (Å²) >= 11 is 0. The van der Waals surface area contributed by atoms with Crippen molar-refractivity contribution < 1.29 is 4.79 Å². The van der Waals surface area contributed by atoms with E-state index in [1.54, 1.807) is 19.1 Å². The fourth-order valence-corrected chi connectivity index (χ4v) is 2.15. The first kappa shape index (κ1) is 14.0. The zero-order chi connectivity index (χ0) is 14.9. The largest absolute Gasteiger partial charge is 0.335 e. The van der Waals surface area contributed by atoms with Crippen LogP contribution in [0.5, 0.6) is 0 Å². The van der Waals surface area contributed by atoms with Gasteiger partial charge >= 0.3 is 5.69 Å². The summed E-state index contributed by atoms with van der Waals surface area (Å²) in [6.07, 6.45) is 1.77. The van der Waals surface area contributed by atoms with Gasteiger partial charge in [-0.25, -0.2) is 9.36 Å². The van der Waals surface area contributed by atoms with E-state index in [1.807, 2.05) is 19.9 Å². The molecule has 0 spiro atoms. The molecule has 0 radical (unpaired) electrons. The lowest BCUT2D eigenvalue weighted by Gasteiger charge is -2.07. The summed E-state index contributed by atoms with van der Waals surface area (Å²) in [5, 5.41) is 0. The number of carbonyl (C=O) groups is 1. The Bertz CT molecular complexity index is 764. The van der Waals surface area contributed by atoms with Crippen molar-refractivity contribution >= 4 is 5.91 Å². The Morgan fingerprint density at radius 3 is 2.30 bits per heavy atom. The molecule has 5 heteroatoms. The van der Waals surface area contributed by atoms with Crippen LogP contribution in [-0.4, -0.2) is 15.5 Å². The number of rotatable bonds is 2. The van der Waals surface area contributed by atoms with E-state index in [1.165, 1.54) is 6.20 Å². The van der Waals surface area contributed by atoms with Crippen molar-refractivity contribution in [2.75, 3.05) is 0 Å². The highest BCUT2D eigenvalue weighted by Gasteiger charge is 2.13. The van der Waals surface area contributed by atoms with Gasteiger partial charge in [-0.3, -0.25) is 14.6 Å². The SMILES string of the molecule is CCc1cn(C(=O)c2cc(C)cc(C)c2)c(=O)[nH]c1=O. The fourth-order valence-electron chi connectivity index (χ4n) is 2.15. The first-order valence-corrected chi connectivity index (χ1v) is 6.40. The molecule has 0 aliphatic rings. The third-order valence-corrected chi connectivity index (χ3v) is 3.08. The maximum atomic E-state index is 12.4. The van der Waals surface area contributed by atoms with Gasteiger partial charge in [0, 0.05) is 17.3 Å². The molecule has 0 unspecified atom stereocenters. The summed E-state index contributed by atoms with van der Waals surface area (Å²) in [6.45, 7) is 5.56. The Morgan fingerprint density at radius 2 is 1.75 bits per heavy atom. The van der Waals surface area contributed by atoms with Crippen molar-refractivity contribution in [2.45, 2.75) is 27.2 Å². The van der Waals surface area contributed by atoms with E-state index in [2.05, 4.69) is 4.98 Å². The summed E-state index contributed by atoms with van der Waals surface area (Å²) in [5.74, 6) is -0.437. The van der Waals surface area contributed by atoms with Crippen molar-refractivity contribution in [3.8, 4) is 0 Å². The minimum absolute atomic E-state index is 0.405. The fraction of sp³-hybridized carbons (Fsp3) is 0.267. The number of aromatic amines is 1. The first-order valence-electron chi connectivity index (χ1n) is 6.40. The highest BCUT2D eigenvalue weighted by atomic mass is 16.2. The normalized spacial score (nSPS) is 10.6. The molecule has 1 aromatic heterocycles. The molecule has 0 aliphatic heterocycles. The average molecular weight is 272 g/mol. The van der Waals surface area contributed by atoms with Gasteiger partial charge in [0.1, 0.15) is 0 Å². The van der Waals surface area contributed by atoms with E-state index >= 15 is 0 Å². The maximum Gasteiger partial charge on any atom is 0.335 e. The molecule has 20 heavy (non-hydrogen) atoms. The van der Waals surface area contributed by atoms with Crippen LogP contribution in [0, 0.1) is 13.8 Å². The summed E-state index contributed by atoms with van der Waals surface area (Å²) in [4.78, 5) is 37.9. The minimum atomic E-state index is -0.712. The molecule has 0 saturated carbocycles. The molecule has 1 N–H and O–H groups in total. The van der Waals surface area contributed by atoms with Gasteiger partial charge in [-0.1, -0.05) is 24.1 Å². The monoisotopic (exact) mass is 272 g/mol. The molecule has 0 atom stereocenters. The van der Waals surface area contributed by atoms with E-state index in [9.17, 15) is 14.4 Å². The van der Waals surface area contributed by atoms with Crippen LogP contribution in [0.4, 0.5) is 0 Å². The molecule has 104 valence electrons. The number of nitrogens with zero attached hydrogens (tertiary/aromatic N) is 1. The summed E-state index contributed by atoms with van der Waals surface area (Å²) in [6, 6.07) is 5.39. The lowest BCUT2D eigenvalue weighted by atomic mass is 10.1. The Labute approximate surface area is 115 Å². The molecule has 5 nitrogen and oxygen atoms in total. The molecular formula is C15H16N2O3. The van der Waals surface area contributed by atoms with Crippen LogP contribution in [0.2, 0.25) is 0 Å². The number of aryl methyl sites for hydroxylation is 3. The van der Waals surface area contributed by atoms with Crippen molar-refractivity contribution in [1.29, 1.82) is 0 Å². The number of benzene rings is 1. The van der Waals surface area contributed by atoms with Gasteiger partial charge in [0.25, 0.3) is 11.5 Å². The first-order chi connectivity index (χ1) is 9.42. The molecule has 1 aromatic carbocycles. The van der Waals surface area contributed by atoms with Crippen LogP contribution in [0.1, 0.15) is 34.0 Å². The van der Waals surface area contributed by atoms with Crippen LogP contribution >= 0.6 is 0 Å². The van der Waals surface area contributed by atoms with Crippen LogP contribution in [0.15, 0.2) is 34.0 Å². The standard InChI is InChI=1S/C15H16N2O3/c1-4-11-8-17(15(20)16-13(11)18)14(19)12-6-9(2)5-10(3)7-12/h5-8H,4H2,1-3H3,(H,16,18,20). The second kappa shape index (κ2) is 5.28. The molecule has 0 saturated heterocycles. The van der Waals surface area contributed by atoms with Gasteiger partial charge < -0.3 is 0 Å². The average Bonchev–Trinajstić information content (AvgIpc) is 2.37. The second-order valence-corrected chi connectivity index (χ2v) is 4.82. The van der Waals surface area contributed by atoms with Crippen molar-refractivity contribution in [2.24, 2.45) is 0 Å². The van der Waals surface area contributed by atoms with Crippen molar-refractivity contribution in [3.05, 3.63) is 67.5 Å². The number of hydrogen-bond acceptors (Lipinski definition) is 3. The molecule has 2 aromatic rings. The lowest BCUT2D eigenvalue weighted by Crippen LogP contribution is -2.35. The Balaban J connectivity index is 2.59. The van der Waals surface area contributed by atoms with Gasteiger partial charge in [0.15, 0.2) is 0 Å². The molecule has 0 aliphatic carbocycles. The predicted molar refractivity (Wildman–Crippen MR) is 76.3 cm³/mol. The van der Waals surface area contributed by atoms with Crippen LogP contribution < -0.4 is 11.2 Å². The molecule has 0 fully saturated rings. The van der Waals surface area contributed by atoms with Gasteiger partial charge in [-0.05, 0) is 32.4 Å². The maximum absolute atomic E-state index is 12.4. The molecular weight excluding hydrogens is 256 g/mol. The zero-order valence-corrected chi connectivity index (χ0v) is 11.7. The number of hydrogen-bond donors (Lipinski definition) is 1. The van der Waals surface area contributed by atoms with Crippen LogP contribution in [0.25, 0.3) is 0 Å². The Morgan fingerprint density at radius 1 is 1.15 bits per heavy atom. The smallest absolute Gasteiger partial charge is 0.273 e. The minimum Gasteiger partial charge on any atom is -0.273 e. The molecule has 2 rings (SSSR count). The van der Waals surface area contributed by atoms with E-state index in [-0.39, 0.29) is 0 Å². The Hall–Kier alpha value is -2.43. The van der Waals surface area contributed by atoms with E-state index in [4.69, 9.17) is 0 Å². The summed E-state index contributed by atoms with van der Waals surface area (Å²) in [7, 11) is 0. The third-order valence-electron chi connectivity index (χ3n) is 3.08. The summed E-state index contributed by atoms with van der Waals surface area (Å²) < 4.78 is 0.953. The second-order valence-electron chi connectivity index (χ2n) is 4.82. The Kier molecular flexibility index (Phi) is 3.70. The number of H-pyrrole nitrogens is 1. The molecule has 1 heterocycles. The van der Waals surface area contributed by atoms with Gasteiger partial charge in [0.05, 0.1) is 0 Å². The predicted octanol–water partition coefficient (Wildman–Crippen LogP) is 1.40.